The highest BCUT2D eigenvalue weighted by atomic mass is 16.4. The van der Waals surface area contributed by atoms with E-state index in [2.05, 4.69) is 39.5 Å². The van der Waals surface area contributed by atoms with Crippen LogP contribution in [-0.4, -0.2) is 57.9 Å². The van der Waals surface area contributed by atoms with Crippen LogP contribution in [0.2, 0.25) is 0 Å². The summed E-state index contributed by atoms with van der Waals surface area (Å²) in [4.78, 5) is 32.3. The van der Waals surface area contributed by atoms with E-state index in [9.17, 15) is 9.59 Å². The Balaban J connectivity index is 1.54. The first-order chi connectivity index (χ1) is 16.5. The Morgan fingerprint density at radius 3 is 2.09 bits per heavy atom. The number of likely N-dealkylation sites (N-methyl/N-ethyl adjacent to an activating group) is 1. The molecule has 0 aliphatic carbocycles. The van der Waals surface area contributed by atoms with Crippen molar-refractivity contribution in [3.63, 3.8) is 0 Å². The molecule has 0 aliphatic heterocycles. The molecule has 34 heavy (non-hydrogen) atoms. The molecule has 7 heteroatoms. The summed E-state index contributed by atoms with van der Waals surface area (Å²) in [7, 11) is 0. The average molecular weight is 461 g/mol. The molecule has 0 fully saturated rings. The first-order valence-electron chi connectivity index (χ1n) is 11.5. The number of rotatable bonds is 13. The van der Waals surface area contributed by atoms with Gasteiger partial charge in [-0.15, -0.1) is 0 Å². The third-order valence-electron chi connectivity index (χ3n) is 5.56. The minimum absolute atomic E-state index is 0.0104. The number of benzene rings is 2. The van der Waals surface area contributed by atoms with Crippen LogP contribution in [0.5, 0.6) is 0 Å². The molecule has 0 aliphatic rings. The van der Waals surface area contributed by atoms with Crippen molar-refractivity contribution < 1.29 is 14.7 Å². The van der Waals surface area contributed by atoms with Crippen molar-refractivity contribution in [3.8, 4) is 0 Å². The van der Waals surface area contributed by atoms with Gasteiger partial charge in [-0.05, 0) is 30.2 Å². The maximum Gasteiger partial charge on any atom is 0.335 e. The Morgan fingerprint density at radius 2 is 1.53 bits per heavy atom. The van der Waals surface area contributed by atoms with Gasteiger partial charge < -0.3 is 15.3 Å². The van der Waals surface area contributed by atoms with Crippen molar-refractivity contribution in [3.05, 3.63) is 101 Å². The number of carbonyl (C=O) groups excluding carboxylic acids is 1. The second-order valence-electron chi connectivity index (χ2n) is 8.10. The van der Waals surface area contributed by atoms with Gasteiger partial charge in [-0.1, -0.05) is 60.7 Å². The zero-order valence-electron chi connectivity index (χ0n) is 19.6. The molecular weight excluding hydrogens is 428 g/mol. The van der Waals surface area contributed by atoms with Crippen molar-refractivity contribution in [2.24, 2.45) is 0 Å². The first-order valence-corrected chi connectivity index (χ1v) is 11.5. The van der Waals surface area contributed by atoms with E-state index in [4.69, 9.17) is 5.11 Å². The Hall–Kier alpha value is -3.55. The molecule has 0 unspecified atom stereocenters. The number of pyridine rings is 1. The van der Waals surface area contributed by atoms with Gasteiger partial charge in [-0.25, -0.2) is 4.79 Å². The molecule has 7 nitrogen and oxygen atoms in total. The van der Waals surface area contributed by atoms with Crippen LogP contribution in [0, 0.1) is 0 Å². The van der Waals surface area contributed by atoms with E-state index in [0.717, 1.165) is 19.6 Å². The van der Waals surface area contributed by atoms with Crippen molar-refractivity contribution >= 4 is 11.9 Å². The molecule has 2 N–H and O–H groups in total. The summed E-state index contributed by atoms with van der Waals surface area (Å²) in [5.74, 6) is -0.983. The number of carbonyl (C=O) groups is 2. The number of carboxylic acids is 1. The molecule has 0 saturated carbocycles. The average Bonchev–Trinajstić information content (AvgIpc) is 2.86. The highest BCUT2D eigenvalue weighted by molar-refractivity contribution is 5.87. The van der Waals surface area contributed by atoms with Crippen LogP contribution in [0.4, 0.5) is 0 Å². The van der Waals surface area contributed by atoms with Gasteiger partial charge in [0.15, 0.2) is 0 Å². The van der Waals surface area contributed by atoms with Crippen LogP contribution in [0.3, 0.4) is 0 Å². The molecule has 0 bridgehead atoms. The molecule has 2 aromatic carbocycles. The molecule has 0 saturated heterocycles. The topological polar surface area (TPSA) is 85.8 Å². The van der Waals surface area contributed by atoms with Gasteiger partial charge in [-0.2, -0.15) is 0 Å². The fourth-order valence-corrected chi connectivity index (χ4v) is 3.74. The summed E-state index contributed by atoms with van der Waals surface area (Å²) >= 11 is 0. The standard InChI is InChI=1S/C27H32N4O3/c1-2-31(26(32)19-28-18-25-17-24(27(33)34)13-14-29-25)16-15-30(20-22-9-5-3-6-10-22)21-23-11-7-4-8-12-23/h3-14,17,28H,2,15-16,18-21H2,1H3,(H,33,34). The highest BCUT2D eigenvalue weighted by Gasteiger charge is 2.15. The van der Waals surface area contributed by atoms with Crippen molar-refractivity contribution in [2.75, 3.05) is 26.2 Å². The van der Waals surface area contributed by atoms with E-state index in [1.807, 2.05) is 48.2 Å². The summed E-state index contributed by atoms with van der Waals surface area (Å²) in [6.45, 7) is 6.11. The lowest BCUT2D eigenvalue weighted by molar-refractivity contribution is -0.130. The van der Waals surface area contributed by atoms with Gasteiger partial charge >= 0.3 is 5.97 Å². The van der Waals surface area contributed by atoms with Gasteiger partial charge in [-0.3, -0.25) is 14.7 Å². The Bertz CT molecular complexity index is 1000. The smallest absolute Gasteiger partial charge is 0.335 e. The number of aromatic nitrogens is 1. The fraction of sp³-hybridized carbons (Fsp3) is 0.296. The first kappa shape index (κ1) is 25.1. The lowest BCUT2D eigenvalue weighted by atomic mass is 10.1. The second kappa shape index (κ2) is 13.2. The maximum absolute atomic E-state index is 12.8. The number of hydrogen-bond acceptors (Lipinski definition) is 5. The molecule has 1 amide bonds. The van der Waals surface area contributed by atoms with Crippen LogP contribution in [0.25, 0.3) is 0 Å². The Labute approximate surface area is 201 Å². The summed E-state index contributed by atoms with van der Waals surface area (Å²) in [6, 6.07) is 23.7. The molecule has 1 heterocycles. The summed E-state index contributed by atoms with van der Waals surface area (Å²) in [6.07, 6.45) is 1.47. The minimum atomic E-state index is -0.993. The molecule has 1 aromatic heterocycles. The van der Waals surface area contributed by atoms with Gasteiger partial charge in [0.2, 0.25) is 5.91 Å². The number of aromatic carboxylic acids is 1. The molecule has 3 rings (SSSR count). The van der Waals surface area contributed by atoms with Gasteiger partial charge in [0.1, 0.15) is 0 Å². The van der Waals surface area contributed by atoms with E-state index < -0.39 is 5.97 Å². The highest BCUT2D eigenvalue weighted by Crippen LogP contribution is 2.10. The summed E-state index contributed by atoms with van der Waals surface area (Å²) < 4.78 is 0. The largest absolute Gasteiger partial charge is 0.478 e. The lowest BCUT2D eigenvalue weighted by Crippen LogP contribution is -2.42. The number of hydrogen-bond donors (Lipinski definition) is 2. The van der Waals surface area contributed by atoms with Crippen molar-refractivity contribution in [2.45, 2.75) is 26.6 Å². The zero-order chi connectivity index (χ0) is 24.2. The third-order valence-corrected chi connectivity index (χ3v) is 5.56. The molecule has 0 atom stereocenters. The van der Waals surface area contributed by atoms with Crippen molar-refractivity contribution in [1.29, 1.82) is 0 Å². The van der Waals surface area contributed by atoms with E-state index in [1.54, 1.807) is 0 Å². The van der Waals surface area contributed by atoms with E-state index in [0.29, 0.717) is 25.3 Å². The van der Waals surface area contributed by atoms with E-state index in [1.165, 1.54) is 29.5 Å². The van der Waals surface area contributed by atoms with Crippen LogP contribution < -0.4 is 5.32 Å². The van der Waals surface area contributed by atoms with Crippen LogP contribution >= 0.6 is 0 Å². The third kappa shape index (κ3) is 8.10. The summed E-state index contributed by atoms with van der Waals surface area (Å²) in [5.41, 5.74) is 3.26. The number of nitrogens with one attached hydrogen (secondary N) is 1. The number of amides is 1. The summed E-state index contributed by atoms with van der Waals surface area (Å²) in [5, 5.41) is 12.2. The predicted molar refractivity (Wildman–Crippen MR) is 132 cm³/mol. The molecule has 178 valence electrons. The molecule has 0 spiro atoms. The monoisotopic (exact) mass is 460 g/mol. The maximum atomic E-state index is 12.8. The molecule has 3 aromatic rings. The quantitative estimate of drug-likeness (QED) is 0.407. The Morgan fingerprint density at radius 1 is 0.912 bits per heavy atom. The normalized spacial score (nSPS) is 10.9. The predicted octanol–water partition coefficient (Wildman–Crippen LogP) is 3.42. The molecular formula is C27H32N4O3. The second-order valence-corrected chi connectivity index (χ2v) is 8.10. The fourth-order valence-electron chi connectivity index (χ4n) is 3.74. The number of carboxylic acid groups (broad SMARTS) is 1. The minimum Gasteiger partial charge on any atom is -0.478 e. The van der Waals surface area contributed by atoms with Crippen molar-refractivity contribution in [1.82, 2.24) is 20.1 Å². The SMILES string of the molecule is CCN(CCN(Cc1ccccc1)Cc1ccccc1)C(=O)CNCc1cc(C(=O)O)ccn1. The van der Waals surface area contributed by atoms with E-state index >= 15 is 0 Å². The van der Waals surface area contributed by atoms with E-state index in [-0.39, 0.29) is 18.0 Å². The zero-order valence-corrected chi connectivity index (χ0v) is 19.6. The van der Waals surface area contributed by atoms with Gasteiger partial charge in [0.25, 0.3) is 0 Å². The number of nitrogens with zero attached hydrogens (tertiary/aromatic N) is 3. The van der Waals surface area contributed by atoms with Gasteiger partial charge in [0, 0.05) is 45.5 Å². The van der Waals surface area contributed by atoms with Crippen LogP contribution in [0.15, 0.2) is 79.0 Å². The van der Waals surface area contributed by atoms with Crippen LogP contribution in [0.1, 0.15) is 34.1 Å². The lowest BCUT2D eigenvalue weighted by Gasteiger charge is -2.27. The molecule has 0 radical (unpaired) electrons. The van der Waals surface area contributed by atoms with Crippen LogP contribution in [-0.2, 0) is 24.4 Å². The van der Waals surface area contributed by atoms with Gasteiger partial charge in [0.05, 0.1) is 17.8 Å². The Kier molecular flexibility index (Phi) is 9.76.